The zero-order chi connectivity index (χ0) is 21.0. The number of rotatable bonds is 7. The number of hydrogen-bond donors (Lipinski definition) is 2. The molecule has 0 amide bonds. The number of piperidine rings is 1. The lowest BCUT2D eigenvalue weighted by atomic mass is 9.73. The first-order chi connectivity index (χ1) is 14.5. The van der Waals surface area contributed by atoms with Crippen LogP contribution in [0.15, 0.2) is 59.4 Å². The molecule has 2 heterocycles. The van der Waals surface area contributed by atoms with E-state index in [0.717, 1.165) is 25.9 Å². The van der Waals surface area contributed by atoms with Gasteiger partial charge < -0.3 is 4.74 Å². The number of H-pyrrole nitrogens is 2. The SMILES string of the molecule is CC(OCC1(c2ccccc2)CCN(Cc2n[nH]c(=O)[nH]2)CC1)c1cccc(I)c1. The Morgan fingerprint density at radius 3 is 2.60 bits per heavy atom. The van der Waals surface area contributed by atoms with Crippen LogP contribution in [-0.4, -0.2) is 39.8 Å². The Balaban J connectivity index is 1.46. The van der Waals surface area contributed by atoms with Crippen molar-refractivity contribution in [1.82, 2.24) is 20.1 Å². The van der Waals surface area contributed by atoms with E-state index in [1.807, 2.05) is 0 Å². The predicted molar refractivity (Wildman–Crippen MR) is 125 cm³/mol. The number of aromatic nitrogens is 3. The van der Waals surface area contributed by atoms with Crippen LogP contribution in [0, 0.1) is 3.57 Å². The summed E-state index contributed by atoms with van der Waals surface area (Å²) in [7, 11) is 0. The minimum Gasteiger partial charge on any atom is -0.373 e. The summed E-state index contributed by atoms with van der Waals surface area (Å²) in [6.07, 6.45) is 2.06. The standard InChI is InChI=1S/C23H27IN4O2/c1-17(18-6-5-9-20(24)14-18)30-16-23(19-7-3-2-4-8-19)10-12-28(13-11-23)15-21-25-22(29)27-26-21/h2-9,14,17H,10-13,15-16H2,1H3,(H2,25,26,27,29). The lowest BCUT2D eigenvalue weighted by Crippen LogP contribution is -2.45. The summed E-state index contributed by atoms with van der Waals surface area (Å²) in [6, 6.07) is 19.2. The molecule has 1 unspecified atom stereocenters. The molecular formula is C23H27IN4O2. The molecule has 6 nitrogen and oxygen atoms in total. The molecule has 2 N–H and O–H groups in total. The van der Waals surface area contributed by atoms with E-state index >= 15 is 0 Å². The molecule has 0 radical (unpaired) electrons. The minimum atomic E-state index is -0.251. The molecule has 1 fully saturated rings. The molecule has 1 atom stereocenters. The van der Waals surface area contributed by atoms with Crippen LogP contribution in [0.3, 0.4) is 0 Å². The monoisotopic (exact) mass is 518 g/mol. The highest BCUT2D eigenvalue weighted by atomic mass is 127. The Labute approximate surface area is 190 Å². The minimum absolute atomic E-state index is 0.00701. The van der Waals surface area contributed by atoms with Crippen molar-refractivity contribution in [2.45, 2.75) is 37.8 Å². The summed E-state index contributed by atoms with van der Waals surface area (Å²) in [6.45, 7) is 5.35. The fraction of sp³-hybridized carbons (Fsp3) is 0.391. The van der Waals surface area contributed by atoms with Gasteiger partial charge in [-0.1, -0.05) is 42.5 Å². The number of likely N-dealkylation sites (tertiary alicyclic amines) is 1. The molecule has 2 aromatic carbocycles. The van der Waals surface area contributed by atoms with Gasteiger partial charge in [0.05, 0.1) is 19.3 Å². The topological polar surface area (TPSA) is 74.0 Å². The number of ether oxygens (including phenoxy) is 1. The molecule has 30 heavy (non-hydrogen) atoms. The quantitative estimate of drug-likeness (QED) is 0.464. The van der Waals surface area contributed by atoms with Gasteiger partial charge in [0.1, 0.15) is 5.82 Å². The Morgan fingerprint density at radius 2 is 1.93 bits per heavy atom. The van der Waals surface area contributed by atoms with Gasteiger partial charge in [0, 0.05) is 8.99 Å². The number of hydrogen-bond acceptors (Lipinski definition) is 4. The Bertz CT molecular complexity index is 1010. The number of nitrogens with zero attached hydrogens (tertiary/aromatic N) is 2. The van der Waals surface area contributed by atoms with E-state index in [4.69, 9.17) is 4.74 Å². The zero-order valence-electron chi connectivity index (χ0n) is 17.1. The second-order valence-electron chi connectivity index (χ2n) is 8.06. The van der Waals surface area contributed by atoms with Gasteiger partial charge in [-0.2, -0.15) is 5.10 Å². The molecule has 1 aliphatic rings. The number of halogens is 1. The van der Waals surface area contributed by atoms with Crippen molar-refractivity contribution in [2.75, 3.05) is 19.7 Å². The summed E-state index contributed by atoms with van der Waals surface area (Å²) >= 11 is 2.34. The fourth-order valence-corrected chi connectivity index (χ4v) is 4.75. The first kappa shape index (κ1) is 21.3. The van der Waals surface area contributed by atoms with E-state index in [1.165, 1.54) is 14.7 Å². The van der Waals surface area contributed by atoms with Crippen LogP contribution in [0.1, 0.15) is 42.8 Å². The maximum atomic E-state index is 11.3. The molecule has 158 valence electrons. The molecule has 1 aliphatic heterocycles. The molecular weight excluding hydrogens is 491 g/mol. The molecule has 4 rings (SSSR count). The second-order valence-corrected chi connectivity index (χ2v) is 9.30. The molecule has 7 heteroatoms. The van der Waals surface area contributed by atoms with Gasteiger partial charge in [-0.25, -0.2) is 9.89 Å². The van der Waals surface area contributed by atoms with Crippen molar-refractivity contribution >= 4 is 22.6 Å². The third kappa shape index (κ3) is 5.01. The normalized spacial score (nSPS) is 17.7. The van der Waals surface area contributed by atoms with Gasteiger partial charge in [-0.05, 0) is 78.7 Å². The molecule has 1 saturated heterocycles. The highest BCUT2D eigenvalue weighted by Gasteiger charge is 2.37. The van der Waals surface area contributed by atoms with Crippen LogP contribution in [0.5, 0.6) is 0 Å². The zero-order valence-corrected chi connectivity index (χ0v) is 19.3. The highest BCUT2D eigenvalue weighted by Crippen LogP contribution is 2.37. The van der Waals surface area contributed by atoms with Crippen LogP contribution in [0.4, 0.5) is 0 Å². The average Bonchev–Trinajstić information content (AvgIpc) is 3.18. The van der Waals surface area contributed by atoms with Crippen LogP contribution in [-0.2, 0) is 16.7 Å². The molecule has 0 spiro atoms. The van der Waals surface area contributed by atoms with Gasteiger partial charge in [0.2, 0.25) is 0 Å². The highest BCUT2D eigenvalue weighted by molar-refractivity contribution is 14.1. The second kappa shape index (κ2) is 9.45. The van der Waals surface area contributed by atoms with Gasteiger partial charge >= 0.3 is 5.69 Å². The lowest BCUT2D eigenvalue weighted by molar-refractivity contribution is 0.00243. The number of aromatic amines is 2. The van der Waals surface area contributed by atoms with E-state index in [2.05, 4.69) is 104 Å². The third-order valence-electron chi connectivity index (χ3n) is 6.05. The Kier molecular flexibility index (Phi) is 6.70. The van der Waals surface area contributed by atoms with Crippen molar-refractivity contribution in [3.8, 4) is 0 Å². The van der Waals surface area contributed by atoms with Crippen LogP contribution in [0.25, 0.3) is 0 Å². The first-order valence-electron chi connectivity index (χ1n) is 10.3. The molecule has 1 aromatic heterocycles. The van der Waals surface area contributed by atoms with Gasteiger partial charge in [-0.3, -0.25) is 9.88 Å². The van der Waals surface area contributed by atoms with Crippen molar-refractivity contribution < 1.29 is 4.74 Å². The first-order valence-corrected chi connectivity index (χ1v) is 11.4. The molecule has 0 aliphatic carbocycles. The van der Waals surface area contributed by atoms with E-state index in [9.17, 15) is 4.79 Å². The molecule has 0 saturated carbocycles. The van der Waals surface area contributed by atoms with Gasteiger partial charge in [-0.15, -0.1) is 0 Å². The van der Waals surface area contributed by atoms with Crippen molar-refractivity contribution in [3.05, 3.63) is 85.6 Å². The smallest absolute Gasteiger partial charge is 0.340 e. The summed E-state index contributed by atoms with van der Waals surface area (Å²) in [4.78, 5) is 16.4. The van der Waals surface area contributed by atoms with E-state index < -0.39 is 0 Å². The average molecular weight is 518 g/mol. The Morgan fingerprint density at radius 1 is 1.17 bits per heavy atom. The largest absolute Gasteiger partial charge is 0.373 e. The van der Waals surface area contributed by atoms with Crippen molar-refractivity contribution in [3.63, 3.8) is 0 Å². The fourth-order valence-electron chi connectivity index (χ4n) is 4.18. The third-order valence-corrected chi connectivity index (χ3v) is 6.72. The number of nitrogens with one attached hydrogen (secondary N) is 2. The van der Waals surface area contributed by atoms with Gasteiger partial charge in [0.15, 0.2) is 0 Å². The maximum absolute atomic E-state index is 11.3. The van der Waals surface area contributed by atoms with Crippen LogP contribution >= 0.6 is 22.6 Å². The van der Waals surface area contributed by atoms with Crippen molar-refractivity contribution in [2.24, 2.45) is 0 Å². The summed E-state index contributed by atoms with van der Waals surface area (Å²) in [5, 5.41) is 6.49. The van der Waals surface area contributed by atoms with Crippen LogP contribution in [0.2, 0.25) is 0 Å². The van der Waals surface area contributed by atoms with E-state index in [0.29, 0.717) is 19.0 Å². The predicted octanol–water partition coefficient (Wildman–Crippen LogP) is 4.01. The summed E-state index contributed by atoms with van der Waals surface area (Å²) in [5.41, 5.74) is 2.30. The Hall–Kier alpha value is -1.97. The lowest BCUT2D eigenvalue weighted by Gasteiger charge is -2.42. The van der Waals surface area contributed by atoms with E-state index in [1.54, 1.807) is 0 Å². The number of benzene rings is 2. The van der Waals surface area contributed by atoms with Crippen molar-refractivity contribution in [1.29, 1.82) is 0 Å². The summed E-state index contributed by atoms with van der Waals surface area (Å²) < 4.78 is 7.68. The molecule has 0 bridgehead atoms. The van der Waals surface area contributed by atoms with Gasteiger partial charge in [0.25, 0.3) is 0 Å². The van der Waals surface area contributed by atoms with E-state index in [-0.39, 0.29) is 17.2 Å². The maximum Gasteiger partial charge on any atom is 0.340 e. The summed E-state index contributed by atoms with van der Waals surface area (Å²) in [5.74, 6) is 0.691. The molecule has 3 aromatic rings. The van der Waals surface area contributed by atoms with Crippen LogP contribution < -0.4 is 5.69 Å².